The van der Waals surface area contributed by atoms with Crippen LogP contribution in [-0.2, 0) is 6.54 Å². The zero-order valence-corrected chi connectivity index (χ0v) is 12.6. The second-order valence-corrected chi connectivity index (χ2v) is 4.43. The van der Waals surface area contributed by atoms with E-state index in [1.165, 1.54) is 17.1 Å². The van der Waals surface area contributed by atoms with E-state index in [-0.39, 0.29) is 12.4 Å². The zero-order chi connectivity index (χ0) is 13.0. The molecule has 102 valence electrons. The lowest BCUT2D eigenvalue weighted by atomic mass is 10.2. The molecule has 3 heteroatoms. The van der Waals surface area contributed by atoms with Crippen molar-refractivity contribution >= 4 is 11.5 Å². The summed E-state index contributed by atoms with van der Waals surface area (Å²) < 4.78 is 2.28. The Kier molecular flexibility index (Phi) is 5.84. The van der Waals surface area contributed by atoms with Crippen LogP contribution in [-0.4, -0.2) is 6.54 Å². The van der Waals surface area contributed by atoms with Crippen LogP contribution in [0, 0.1) is 6.92 Å². The van der Waals surface area contributed by atoms with Gasteiger partial charge in [-0.3, -0.25) is 0 Å². The van der Waals surface area contributed by atoms with Crippen LogP contribution in [0.3, 0.4) is 0 Å². The van der Waals surface area contributed by atoms with Gasteiger partial charge < -0.3 is 12.4 Å². The van der Waals surface area contributed by atoms with Crippen molar-refractivity contribution in [1.82, 2.24) is 0 Å². The summed E-state index contributed by atoms with van der Waals surface area (Å²) in [5, 5.41) is 0. The quantitative estimate of drug-likeness (QED) is 0.737. The van der Waals surface area contributed by atoms with Gasteiger partial charge in [0.05, 0.1) is 19.3 Å². The van der Waals surface area contributed by atoms with E-state index < -0.39 is 0 Å². The fraction of sp³-hybridized carbons (Fsp3) is 0.312. The topological polar surface area (TPSA) is 7.12 Å². The Balaban J connectivity index is 0.00000180. The third-order valence-electron chi connectivity index (χ3n) is 3.17. The summed E-state index contributed by atoms with van der Waals surface area (Å²) in [6, 6.07) is 15.0. The number of aryl methyl sites for hydroxylation is 2. The molecule has 0 aliphatic carbocycles. The van der Waals surface area contributed by atoms with E-state index >= 15 is 0 Å². The third-order valence-corrected chi connectivity index (χ3v) is 3.17. The Morgan fingerprint density at radius 1 is 1.05 bits per heavy atom. The van der Waals surface area contributed by atoms with Crippen molar-refractivity contribution in [2.24, 2.45) is 0 Å². The van der Waals surface area contributed by atoms with Gasteiger partial charge in [0, 0.05) is 6.07 Å². The van der Waals surface area contributed by atoms with E-state index in [1.54, 1.807) is 0 Å². The number of hydrogen-bond donors (Lipinski definition) is 0. The smallest absolute Gasteiger partial charge is 0.281 e. The molecule has 19 heavy (non-hydrogen) atoms. The molecule has 0 saturated heterocycles. The highest BCUT2D eigenvalue weighted by Gasteiger charge is 2.19. The molecule has 1 aromatic heterocycles. The molecular weight excluding hydrogens is 256 g/mol. The Labute approximate surface area is 122 Å². The van der Waals surface area contributed by atoms with Gasteiger partial charge in [0.15, 0.2) is 0 Å². The van der Waals surface area contributed by atoms with Crippen LogP contribution < -0.4 is 21.9 Å². The fourth-order valence-corrected chi connectivity index (χ4v) is 2.20. The van der Waals surface area contributed by atoms with Crippen molar-refractivity contribution in [2.75, 3.05) is 11.4 Å². The maximum Gasteiger partial charge on any atom is 0.281 e. The summed E-state index contributed by atoms with van der Waals surface area (Å²) >= 11 is 0. The molecule has 0 aliphatic heterocycles. The van der Waals surface area contributed by atoms with Crippen molar-refractivity contribution < 1.29 is 17.0 Å². The lowest BCUT2D eigenvalue weighted by molar-refractivity contribution is -0.681. The molecule has 0 amide bonds. The first-order valence-corrected chi connectivity index (χ1v) is 6.59. The number of benzene rings is 1. The van der Waals surface area contributed by atoms with E-state index in [0.29, 0.717) is 0 Å². The van der Waals surface area contributed by atoms with E-state index in [0.717, 1.165) is 13.1 Å². The highest BCUT2D eigenvalue weighted by atomic mass is 35.5. The summed E-state index contributed by atoms with van der Waals surface area (Å²) in [6.45, 7) is 8.46. The number of anilines is 2. The fourth-order valence-electron chi connectivity index (χ4n) is 2.20. The van der Waals surface area contributed by atoms with E-state index in [1.807, 2.05) is 0 Å². The monoisotopic (exact) mass is 276 g/mol. The van der Waals surface area contributed by atoms with Gasteiger partial charge in [-0.25, -0.2) is 9.47 Å². The molecule has 0 radical (unpaired) electrons. The van der Waals surface area contributed by atoms with Crippen LogP contribution in [0.4, 0.5) is 11.5 Å². The minimum absolute atomic E-state index is 0. The summed E-state index contributed by atoms with van der Waals surface area (Å²) in [4.78, 5) is 2.34. The largest absolute Gasteiger partial charge is 1.00 e. The van der Waals surface area contributed by atoms with Crippen LogP contribution in [0.2, 0.25) is 0 Å². The number of aromatic nitrogens is 1. The minimum atomic E-state index is 0. The van der Waals surface area contributed by atoms with Crippen molar-refractivity contribution in [3.8, 4) is 0 Å². The number of rotatable bonds is 4. The van der Waals surface area contributed by atoms with Crippen LogP contribution in [0.1, 0.15) is 19.4 Å². The lowest BCUT2D eigenvalue weighted by Crippen LogP contribution is -3.00. The molecule has 0 spiro atoms. The maximum atomic E-state index is 2.34. The van der Waals surface area contributed by atoms with Gasteiger partial charge in [0.25, 0.3) is 5.82 Å². The van der Waals surface area contributed by atoms with Gasteiger partial charge in [0.2, 0.25) is 0 Å². The SMILES string of the molecule is CCN(c1ccccc1)c1cc(C)cc[n+]1CC.[Cl-]. The number of halogens is 1. The number of nitrogens with zero attached hydrogens (tertiary/aromatic N) is 2. The molecule has 0 atom stereocenters. The maximum absolute atomic E-state index is 2.34. The Morgan fingerprint density at radius 2 is 1.74 bits per heavy atom. The standard InChI is InChI=1S/C16H21N2.ClH/c1-4-17-12-11-14(3)13-16(17)18(5-2)15-9-7-6-8-10-15;/h6-13H,4-5H2,1-3H3;1H/q+1;/p-1. The normalized spacial score (nSPS) is 9.84. The van der Waals surface area contributed by atoms with Gasteiger partial charge in [-0.15, -0.1) is 0 Å². The van der Waals surface area contributed by atoms with E-state index in [4.69, 9.17) is 0 Å². The average Bonchev–Trinajstić information content (AvgIpc) is 2.41. The Morgan fingerprint density at radius 3 is 2.32 bits per heavy atom. The summed E-state index contributed by atoms with van der Waals surface area (Å²) in [6.07, 6.45) is 2.16. The van der Waals surface area contributed by atoms with E-state index in [9.17, 15) is 0 Å². The Hall–Kier alpha value is -1.54. The molecule has 0 saturated carbocycles. The number of hydrogen-bond acceptors (Lipinski definition) is 1. The molecule has 2 rings (SSSR count). The molecule has 0 bridgehead atoms. The predicted octanol–water partition coefficient (Wildman–Crippen LogP) is 0.464. The van der Waals surface area contributed by atoms with Crippen molar-refractivity contribution in [3.63, 3.8) is 0 Å². The van der Waals surface area contributed by atoms with Gasteiger partial charge in [-0.2, -0.15) is 0 Å². The van der Waals surface area contributed by atoms with Crippen molar-refractivity contribution in [2.45, 2.75) is 27.3 Å². The number of para-hydroxylation sites is 1. The second-order valence-electron chi connectivity index (χ2n) is 4.43. The first-order chi connectivity index (χ1) is 8.76. The average molecular weight is 277 g/mol. The van der Waals surface area contributed by atoms with E-state index in [2.05, 4.69) is 78.9 Å². The molecule has 1 heterocycles. The molecule has 1 aromatic carbocycles. The van der Waals surface area contributed by atoms with Crippen molar-refractivity contribution in [1.29, 1.82) is 0 Å². The second kappa shape index (κ2) is 7.15. The van der Waals surface area contributed by atoms with Crippen molar-refractivity contribution in [3.05, 3.63) is 54.2 Å². The molecule has 2 nitrogen and oxygen atoms in total. The van der Waals surface area contributed by atoms with Crippen LogP contribution in [0.5, 0.6) is 0 Å². The van der Waals surface area contributed by atoms with Crippen LogP contribution >= 0.6 is 0 Å². The lowest BCUT2D eigenvalue weighted by Gasteiger charge is -2.18. The molecule has 0 fully saturated rings. The minimum Gasteiger partial charge on any atom is -1.00 e. The highest BCUT2D eigenvalue weighted by Crippen LogP contribution is 2.22. The van der Waals surface area contributed by atoms with Gasteiger partial charge in [-0.1, -0.05) is 18.2 Å². The summed E-state index contributed by atoms with van der Waals surface area (Å²) in [7, 11) is 0. The van der Waals surface area contributed by atoms with Gasteiger partial charge >= 0.3 is 0 Å². The molecule has 0 N–H and O–H groups in total. The number of pyridine rings is 1. The first-order valence-electron chi connectivity index (χ1n) is 6.59. The predicted molar refractivity (Wildman–Crippen MR) is 76.2 cm³/mol. The summed E-state index contributed by atoms with van der Waals surface area (Å²) in [5.41, 5.74) is 2.54. The van der Waals surface area contributed by atoms with Gasteiger partial charge in [0.1, 0.15) is 5.69 Å². The molecular formula is C16H21ClN2. The van der Waals surface area contributed by atoms with Gasteiger partial charge in [-0.05, 0) is 44.5 Å². The Bertz CT molecular complexity index is 511. The third kappa shape index (κ3) is 3.48. The molecule has 2 aromatic rings. The molecule has 0 unspecified atom stereocenters. The zero-order valence-electron chi connectivity index (χ0n) is 11.8. The first kappa shape index (κ1) is 15.5. The van der Waals surface area contributed by atoms with Crippen LogP contribution in [0.15, 0.2) is 48.7 Å². The van der Waals surface area contributed by atoms with Crippen LogP contribution in [0.25, 0.3) is 0 Å². The highest BCUT2D eigenvalue weighted by molar-refractivity contribution is 5.57. The molecule has 0 aliphatic rings. The summed E-state index contributed by atoms with van der Waals surface area (Å²) in [5.74, 6) is 1.26.